The summed E-state index contributed by atoms with van der Waals surface area (Å²) in [6.07, 6.45) is 10.7. The van der Waals surface area contributed by atoms with E-state index in [2.05, 4.69) is 19.9 Å². The monoisotopic (exact) mass is 384 g/mol. The highest BCUT2D eigenvalue weighted by Crippen LogP contribution is 2.70. The van der Waals surface area contributed by atoms with Gasteiger partial charge in [0.2, 0.25) is 0 Å². The number of Topliss-reactive ketones (excluding diaryl/α,β-unsaturated/α-hetero) is 1. The lowest BCUT2D eigenvalue weighted by molar-refractivity contribution is -0.213. The van der Waals surface area contributed by atoms with Gasteiger partial charge in [-0.05, 0) is 82.8 Å². The van der Waals surface area contributed by atoms with Crippen molar-refractivity contribution >= 4 is 11.6 Å². The lowest BCUT2D eigenvalue weighted by Gasteiger charge is -2.58. The second-order valence-electron chi connectivity index (χ2n) is 10.7. The highest BCUT2D eigenvalue weighted by molar-refractivity contribution is 6.01. The Hall–Kier alpha value is -1.26. The van der Waals surface area contributed by atoms with Gasteiger partial charge >= 0.3 is 0 Å². The van der Waals surface area contributed by atoms with E-state index >= 15 is 0 Å². The molecule has 0 bridgehead atoms. The largest absolute Gasteiger partial charge is 0.344 e. The van der Waals surface area contributed by atoms with Crippen molar-refractivity contribution < 1.29 is 19.1 Å². The Balaban J connectivity index is 1.55. The molecule has 0 radical (unpaired) electrons. The Morgan fingerprint density at radius 1 is 1.14 bits per heavy atom. The molecule has 28 heavy (non-hydrogen) atoms. The van der Waals surface area contributed by atoms with Gasteiger partial charge in [0.1, 0.15) is 0 Å². The number of hydrogen-bond donors (Lipinski definition) is 0. The Labute approximate surface area is 167 Å². The van der Waals surface area contributed by atoms with E-state index in [1.54, 1.807) is 13.0 Å². The van der Waals surface area contributed by atoms with Crippen molar-refractivity contribution in [2.24, 2.45) is 28.6 Å². The molecule has 0 aromatic carbocycles. The summed E-state index contributed by atoms with van der Waals surface area (Å²) in [5.41, 5.74) is 0.268. The van der Waals surface area contributed by atoms with Crippen LogP contribution in [0.3, 0.4) is 0 Å². The molecule has 1 unspecified atom stereocenters. The molecule has 0 spiro atoms. The molecule has 5 aliphatic rings. The maximum Gasteiger partial charge on any atom is 0.178 e. The summed E-state index contributed by atoms with van der Waals surface area (Å²) in [4.78, 5) is 25.0. The molecule has 5 rings (SSSR count). The predicted molar refractivity (Wildman–Crippen MR) is 105 cm³/mol. The molecule has 3 saturated carbocycles. The van der Waals surface area contributed by atoms with Crippen LogP contribution in [-0.2, 0) is 19.1 Å². The summed E-state index contributed by atoms with van der Waals surface area (Å²) in [7, 11) is 0. The van der Waals surface area contributed by atoms with Crippen molar-refractivity contribution in [3.63, 3.8) is 0 Å². The number of ether oxygens (including phenoxy) is 2. The summed E-state index contributed by atoms with van der Waals surface area (Å²) in [6.45, 7) is 10.2. The highest BCUT2D eigenvalue weighted by Gasteiger charge is 2.74. The van der Waals surface area contributed by atoms with Crippen LogP contribution < -0.4 is 0 Å². The van der Waals surface area contributed by atoms with Crippen LogP contribution in [0.1, 0.15) is 66.7 Å². The predicted octanol–water partition coefficient (Wildman–Crippen LogP) is 4.38. The van der Waals surface area contributed by atoms with E-state index in [4.69, 9.17) is 9.47 Å². The fourth-order valence-electron chi connectivity index (χ4n) is 7.95. The van der Waals surface area contributed by atoms with Gasteiger partial charge in [-0.25, -0.2) is 0 Å². The van der Waals surface area contributed by atoms with Crippen LogP contribution in [0.2, 0.25) is 0 Å². The average Bonchev–Trinajstić information content (AvgIpc) is 3.02. The molecule has 0 amide bonds. The van der Waals surface area contributed by atoms with Crippen LogP contribution in [0.4, 0.5) is 0 Å². The quantitative estimate of drug-likeness (QED) is 0.673. The summed E-state index contributed by atoms with van der Waals surface area (Å²) in [5.74, 6) is 1.02. The Bertz CT molecular complexity index is 822. The lowest BCUT2D eigenvalue weighted by Crippen LogP contribution is -2.59. The van der Waals surface area contributed by atoms with Crippen molar-refractivity contribution in [1.29, 1.82) is 0 Å². The molecule has 1 heterocycles. The highest BCUT2D eigenvalue weighted by atomic mass is 16.8. The van der Waals surface area contributed by atoms with Crippen LogP contribution in [0, 0.1) is 28.6 Å². The van der Waals surface area contributed by atoms with Crippen LogP contribution in [0.25, 0.3) is 0 Å². The van der Waals surface area contributed by atoms with Gasteiger partial charge in [0, 0.05) is 10.8 Å². The number of carbonyl (C=O) groups excluding carboxylic acids is 2. The molecular weight excluding hydrogens is 352 g/mol. The van der Waals surface area contributed by atoms with Gasteiger partial charge < -0.3 is 9.47 Å². The second kappa shape index (κ2) is 5.46. The topological polar surface area (TPSA) is 52.6 Å². The first-order chi connectivity index (χ1) is 13.0. The Kier molecular flexibility index (Phi) is 3.65. The fourth-order valence-corrected chi connectivity index (χ4v) is 7.95. The zero-order valence-electron chi connectivity index (χ0n) is 17.7. The van der Waals surface area contributed by atoms with Gasteiger partial charge in [-0.15, -0.1) is 0 Å². The van der Waals surface area contributed by atoms with Crippen molar-refractivity contribution in [1.82, 2.24) is 0 Å². The SMILES string of the molecule is CC(=O)[C@@]12OC(C)(C)OC1C[C@H]1[C@@H]3CCC4=CC(=O)C=C[C@]4(C)[C@H]3CC[C@@]12C. The minimum absolute atomic E-state index is 0.0276. The van der Waals surface area contributed by atoms with Gasteiger partial charge in [0.15, 0.2) is 23.0 Å². The van der Waals surface area contributed by atoms with E-state index in [9.17, 15) is 9.59 Å². The first-order valence-corrected chi connectivity index (χ1v) is 10.9. The first-order valence-electron chi connectivity index (χ1n) is 10.9. The zero-order chi connectivity index (χ0) is 20.1. The molecule has 0 N–H and O–H groups in total. The third kappa shape index (κ3) is 2.09. The van der Waals surface area contributed by atoms with E-state index in [1.165, 1.54) is 5.57 Å². The number of rotatable bonds is 1. The fraction of sp³-hybridized carbons (Fsp3) is 0.750. The molecule has 4 nitrogen and oxygen atoms in total. The maximum atomic E-state index is 13.0. The number of allylic oxidation sites excluding steroid dienone is 4. The zero-order valence-corrected chi connectivity index (χ0v) is 17.7. The van der Waals surface area contributed by atoms with Gasteiger partial charge in [-0.2, -0.15) is 0 Å². The van der Waals surface area contributed by atoms with Gasteiger partial charge in [0.25, 0.3) is 0 Å². The van der Waals surface area contributed by atoms with Crippen LogP contribution >= 0.6 is 0 Å². The van der Waals surface area contributed by atoms with E-state index in [-0.39, 0.29) is 28.5 Å². The van der Waals surface area contributed by atoms with Gasteiger partial charge in [-0.1, -0.05) is 25.5 Å². The molecule has 4 fully saturated rings. The minimum atomic E-state index is -0.818. The van der Waals surface area contributed by atoms with Crippen LogP contribution in [0.15, 0.2) is 23.8 Å². The molecule has 7 atom stereocenters. The second-order valence-corrected chi connectivity index (χ2v) is 10.7. The van der Waals surface area contributed by atoms with Gasteiger partial charge in [0.05, 0.1) is 6.10 Å². The Morgan fingerprint density at radius 2 is 1.89 bits per heavy atom. The number of carbonyl (C=O) groups is 2. The number of fused-ring (bicyclic) bond motifs is 7. The average molecular weight is 385 g/mol. The number of hydrogen-bond acceptors (Lipinski definition) is 4. The molecule has 4 aliphatic carbocycles. The first kappa shape index (κ1) is 18.7. The van der Waals surface area contributed by atoms with Crippen LogP contribution in [0.5, 0.6) is 0 Å². The third-order valence-corrected chi connectivity index (χ3v) is 9.07. The summed E-state index contributed by atoms with van der Waals surface area (Å²) in [5, 5.41) is 0. The maximum absolute atomic E-state index is 13.0. The normalized spacial score (nSPS) is 51.0. The molecule has 0 aromatic heterocycles. The van der Waals surface area contributed by atoms with Crippen molar-refractivity contribution in [3.8, 4) is 0 Å². The minimum Gasteiger partial charge on any atom is -0.344 e. The third-order valence-electron chi connectivity index (χ3n) is 9.07. The molecule has 4 heteroatoms. The van der Waals surface area contributed by atoms with E-state index < -0.39 is 11.4 Å². The Morgan fingerprint density at radius 3 is 2.61 bits per heavy atom. The summed E-state index contributed by atoms with van der Waals surface area (Å²) in [6, 6.07) is 0. The lowest BCUT2D eigenvalue weighted by atomic mass is 9.47. The van der Waals surface area contributed by atoms with E-state index in [1.807, 2.05) is 19.9 Å². The molecule has 152 valence electrons. The summed E-state index contributed by atoms with van der Waals surface area (Å²) < 4.78 is 12.8. The van der Waals surface area contributed by atoms with Crippen molar-refractivity contribution in [3.05, 3.63) is 23.8 Å². The molecule has 1 aliphatic heterocycles. The van der Waals surface area contributed by atoms with Crippen molar-refractivity contribution in [2.75, 3.05) is 0 Å². The van der Waals surface area contributed by atoms with Gasteiger partial charge in [-0.3, -0.25) is 9.59 Å². The summed E-state index contributed by atoms with van der Waals surface area (Å²) >= 11 is 0. The molecular formula is C24H32O4. The molecule has 0 aromatic rings. The molecule has 1 saturated heterocycles. The van der Waals surface area contributed by atoms with Crippen LogP contribution in [-0.4, -0.2) is 29.1 Å². The van der Waals surface area contributed by atoms with Crippen molar-refractivity contribution in [2.45, 2.75) is 84.2 Å². The smallest absolute Gasteiger partial charge is 0.178 e. The number of ketones is 2. The van der Waals surface area contributed by atoms with E-state index in [0.29, 0.717) is 17.8 Å². The van der Waals surface area contributed by atoms with E-state index in [0.717, 1.165) is 32.1 Å². The standard InChI is InChI=1S/C24H32O4/c1-14(25)24-20(27-21(2,3)28-24)13-19-17-7-6-15-12-16(26)8-10-22(15,4)18(17)9-11-23(19,24)5/h8,10,12,17-20H,6-7,9,11,13H2,1-5H3/t17-,18+,19+,20?,22+,23+,24-/m1/s1.